The number of ether oxygens (including phenoxy) is 1. The van der Waals surface area contributed by atoms with E-state index in [1.54, 1.807) is 24.7 Å². The number of anilines is 1. The van der Waals surface area contributed by atoms with Gasteiger partial charge in [0.2, 0.25) is 11.8 Å². The highest BCUT2D eigenvalue weighted by Gasteiger charge is 2.08. The summed E-state index contributed by atoms with van der Waals surface area (Å²) in [5.74, 6) is 1.14. The van der Waals surface area contributed by atoms with Crippen molar-refractivity contribution in [2.24, 2.45) is 0 Å². The van der Waals surface area contributed by atoms with E-state index < -0.39 is 0 Å². The molecule has 1 N–H and O–H groups in total. The van der Waals surface area contributed by atoms with E-state index in [9.17, 15) is 0 Å². The molecular weight excluding hydrogens is 240 g/mol. The van der Waals surface area contributed by atoms with Crippen molar-refractivity contribution >= 4 is 5.95 Å². The van der Waals surface area contributed by atoms with Crippen LogP contribution >= 0.6 is 0 Å². The van der Waals surface area contributed by atoms with Crippen LogP contribution in [0.2, 0.25) is 0 Å². The van der Waals surface area contributed by atoms with Crippen molar-refractivity contribution in [1.29, 1.82) is 0 Å². The molecule has 0 aliphatic carbocycles. The second-order valence-corrected chi connectivity index (χ2v) is 4.53. The molecule has 0 aliphatic rings. The van der Waals surface area contributed by atoms with Gasteiger partial charge in [-0.05, 0) is 38.5 Å². The summed E-state index contributed by atoms with van der Waals surface area (Å²) in [6, 6.07) is 5.79. The predicted octanol–water partition coefficient (Wildman–Crippen LogP) is 2.83. The number of nitrogens with zero attached hydrogens (tertiary/aromatic N) is 3. The van der Waals surface area contributed by atoms with Gasteiger partial charge in [0, 0.05) is 24.7 Å². The Kier molecular flexibility index (Phi) is 4.28. The number of nitrogens with one attached hydrogen (secondary N) is 1. The van der Waals surface area contributed by atoms with E-state index in [-0.39, 0.29) is 12.1 Å². The lowest BCUT2D eigenvalue weighted by Gasteiger charge is -2.15. The van der Waals surface area contributed by atoms with E-state index >= 15 is 0 Å². The van der Waals surface area contributed by atoms with Crippen molar-refractivity contribution in [2.45, 2.75) is 32.9 Å². The number of rotatable bonds is 5. The first-order valence-corrected chi connectivity index (χ1v) is 6.31. The Bertz CT molecular complexity index is 516. The average Bonchev–Trinajstić information content (AvgIpc) is 2.39. The van der Waals surface area contributed by atoms with Crippen LogP contribution in [-0.2, 0) is 0 Å². The molecule has 19 heavy (non-hydrogen) atoms. The lowest BCUT2D eigenvalue weighted by atomic mass is 10.1. The van der Waals surface area contributed by atoms with Gasteiger partial charge in [0.15, 0.2) is 0 Å². The predicted molar refractivity (Wildman–Crippen MR) is 74.1 cm³/mol. The van der Waals surface area contributed by atoms with Crippen LogP contribution in [0, 0.1) is 0 Å². The van der Waals surface area contributed by atoms with Gasteiger partial charge in [0.05, 0.1) is 12.1 Å². The van der Waals surface area contributed by atoms with Crippen LogP contribution in [0.5, 0.6) is 5.88 Å². The monoisotopic (exact) mass is 258 g/mol. The molecule has 2 aromatic heterocycles. The maximum absolute atomic E-state index is 5.54. The van der Waals surface area contributed by atoms with Crippen LogP contribution in [0.3, 0.4) is 0 Å². The van der Waals surface area contributed by atoms with Crippen molar-refractivity contribution in [2.75, 3.05) is 5.32 Å². The molecule has 0 bridgehead atoms. The summed E-state index contributed by atoms with van der Waals surface area (Å²) in [7, 11) is 0. The highest BCUT2D eigenvalue weighted by atomic mass is 16.5. The van der Waals surface area contributed by atoms with Crippen LogP contribution in [-0.4, -0.2) is 21.1 Å². The Balaban J connectivity index is 2.06. The van der Waals surface area contributed by atoms with E-state index in [2.05, 4.69) is 27.2 Å². The van der Waals surface area contributed by atoms with E-state index in [4.69, 9.17) is 4.74 Å². The van der Waals surface area contributed by atoms with E-state index in [1.165, 1.54) is 0 Å². The molecule has 0 radical (unpaired) electrons. The zero-order chi connectivity index (χ0) is 13.7. The third-order valence-electron chi connectivity index (χ3n) is 2.54. The number of hydrogen-bond donors (Lipinski definition) is 1. The SMILES string of the molecule is CC(C)Oc1ccnc(NC(C)c2ccncc2)n1. The molecular formula is C14H18N4O. The van der Waals surface area contributed by atoms with Gasteiger partial charge in [0.25, 0.3) is 0 Å². The van der Waals surface area contributed by atoms with Gasteiger partial charge >= 0.3 is 0 Å². The van der Waals surface area contributed by atoms with Crippen molar-refractivity contribution in [1.82, 2.24) is 15.0 Å². The lowest BCUT2D eigenvalue weighted by Crippen LogP contribution is -2.11. The van der Waals surface area contributed by atoms with Gasteiger partial charge in [-0.15, -0.1) is 0 Å². The number of pyridine rings is 1. The fourth-order valence-electron chi connectivity index (χ4n) is 1.65. The Morgan fingerprint density at radius 2 is 1.79 bits per heavy atom. The summed E-state index contributed by atoms with van der Waals surface area (Å²) in [5, 5.41) is 3.24. The summed E-state index contributed by atoms with van der Waals surface area (Å²) in [6.45, 7) is 5.98. The molecule has 0 amide bonds. The highest BCUT2D eigenvalue weighted by molar-refractivity contribution is 5.32. The molecule has 2 rings (SSSR count). The fraction of sp³-hybridized carbons (Fsp3) is 0.357. The van der Waals surface area contributed by atoms with Crippen LogP contribution < -0.4 is 10.1 Å². The zero-order valence-corrected chi connectivity index (χ0v) is 11.4. The minimum atomic E-state index is 0.0976. The fourth-order valence-corrected chi connectivity index (χ4v) is 1.65. The molecule has 2 aromatic rings. The summed E-state index contributed by atoms with van der Waals surface area (Å²) in [6.07, 6.45) is 5.33. The first-order chi connectivity index (χ1) is 9.15. The summed E-state index contributed by atoms with van der Waals surface area (Å²) in [4.78, 5) is 12.5. The van der Waals surface area contributed by atoms with Gasteiger partial charge in [-0.25, -0.2) is 4.98 Å². The maximum Gasteiger partial charge on any atom is 0.226 e. The first-order valence-electron chi connectivity index (χ1n) is 6.31. The summed E-state index contributed by atoms with van der Waals surface area (Å²) < 4.78 is 5.54. The average molecular weight is 258 g/mol. The second kappa shape index (κ2) is 6.13. The maximum atomic E-state index is 5.54. The Hall–Kier alpha value is -2.17. The largest absolute Gasteiger partial charge is 0.475 e. The van der Waals surface area contributed by atoms with Gasteiger partial charge in [0.1, 0.15) is 0 Å². The lowest BCUT2D eigenvalue weighted by molar-refractivity contribution is 0.232. The topological polar surface area (TPSA) is 59.9 Å². The van der Waals surface area contributed by atoms with E-state index in [1.807, 2.05) is 26.0 Å². The van der Waals surface area contributed by atoms with Crippen LogP contribution in [0.15, 0.2) is 36.8 Å². The molecule has 0 saturated heterocycles. The molecule has 2 heterocycles. The van der Waals surface area contributed by atoms with Gasteiger partial charge in [-0.1, -0.05) is 0 Å². The van der Waals surface area contributed by atoms with Crippen LogP contribution in [0.4, 0.5) is 5.95 Å². The second-order valence-electron chi connectivity index (χ2n) is 4.53. The number of aromatic nitrogens is 3. The Labute approximate surface area is 113 Å². The van der Waals surface area contributed by atoms with Gasteiger partial charge in [-0.3, -0.25) is 4.98 Å². The van der Waals surface area contributed by atoms with Gasteiger partial charge < -0.3 is 10.1 Å². The minimum Gasteiger partial charge on any atom is -0.475 e. The van der Waals surface area contributed by atoms with Crippen molar-refractivity contribution in [3.63, 3.8) is 0 Å². The van der Waals surface area contributed by atoms with Crippen molar-refractivity contribution in [3.8, 4) is 5.88 Å². The first kappa shape index (κ1) is 13.3. The molecule has 100 valence electrons. The molecule has 5 heteroatoms. The molecule has 1 unspecified atom stereocenters. The van der Waals surface area contributed by atoms with Crippen molar-refractivity contribution < 1.29 is 4.74 Å². The van der Waals surface area contributed by atoms with Crippen molar-refractivity contribution in [3.05, 3.63) is 42.4 Å². The Morgan fingerprint density at radius 3 is 2.47 bits per heavy atom. The van der Waals surface area contributed by atoms with E-state index in [0.717, 1.165) is 5.56 Å². The normalized spacial score (nSPS) is 12.2. The van der Waals surface area contributed by atoms with Crippen LogP contribution in [0.1, 0.15) is 32.4 Å². The molecule has 0 spiro atoms. The van der Waals surface area contributed by atoms with Gasteiger partial charge in [-0.2, -0.15) is 4.98 Å². The molecule has 5 nitrogen and oxygen atoms in total. The Morgan fingerprint density at radius 1 is 1.05 bits per heavy atom. The zero-order valence-electron chi connectivity index (χ0n) is 11.4. The quantitative estimate of drug-likeness (QED) is 0.893. The highest BCUT2D eigenvalue weighted by Crippen LogP contribution is 2.17. The number of hydrogen-bond acceptors (Lipinski definition) is 5. The third kappa shape index (κ3) is 3.91. The summed E-state index contributed by atoms with van der Waals surface area (Å²) in [5.41, 5.74) is 1.13. The van der Waals surface area contributed by atoms with E-state index in [0.29, 0.717) is 11.8 Å². The molecule has 0 aliphatic heterocycles. The standard InChI is InChI=1S/C14H18N4O/c1-10(2)19-13-6-9-16-14(18-13)17-11(3)12-4-7-15-8-5-12/h4-11H,1-3H3,(H,16,17,18). The molecule has 0 saturated carbocycles. The molecule has 0 aromatic carbocycles. The van der Waals surface area contributed by atoms with Crippen LogP contribution in [0.25, 0.3) is 0 Å². The summed E-state index contributed by atoms with van der Waals surface area (Å²) >= 11 is 0. The smallest absolute Gasteiger partial charge is 0.226 e. The third-order valence-corrected chi connectivity index (χ3v) is 2.54. The molecule has 0 fully saturated rings. The minimum absolute atomic E-state index is 0.0976. The molecule has 1 atom stereocenters.